The molecule has 0 fully saturated rings. The molecule has 0 saturated heterocycles. The first-order valence-electron chi connectivity index (χ1n) is 6.26. The highest BCUT2D eigenvalue weighted by Crippen LogP contribution is 2.14. The second kappa shape index (κ2) is 6.36. The minimum atomic E-state index is -0.828. The molecule has 102 valence electrons. The van der Waals surface area contributed by atoms with Crippen LogP contribution in [0.3, 0.4) is 0 Å². The Labute approximate surface area is 105 Å². The molecule has 0 aliphatic rings. The second-order valence-corrected chi connectivity index (χ2v) is 6.48. The molecule has 17 heavy (non-hydrogen) atoms. The summed E-state index contributed by atoms with van der Waals surface area (Å²) in [5.41, 5.74) is -0.899. The van der Waals surface area contributed by atoms with E-state index < -0.39 is 5.60 Å². The average molecular weight is 244 g/mol. The normalized spacial score (nSPS) is 15.8. The van der Waals surface area contributed by atoms with Gasteiger partial charge in [-0.2, -0.15) is 0 Å². The van der Waals surface area contributed by atoms with Crippen LogP contribution < -0.4 is 10.6 Å². The SMILES string of the molecule is CC(C)CC(C)(O)CNC(=O)CNC(C)(C)C. The summed E-state index contributed by atoms with van der Waals surface area (Å²) < 4.78 is 0. The maximum atomic E-state index is 11.5. The van der Waals surface area contributed by atoms with E-state index in [0.717, 1.165) is 0 Å². The summed E-state index contributed by atoms with van der Waals surface area (Å²) in [6.07, 6.45) is 0.681. The van der Waals surface area contributed by atoms with Crippen molar-refractivity contribution in [2.45, 2.75) is 59.1 Å². The van der Waals surface area contributed by atoms with E-state index in [1.807, 2.05) is 20.8 Å². The van der Waals surface area contributed by atoms with Gasteiger partial charge in [-0.05, 0) is 40.0 Å². The van der Waals surface area contributed by atoms with Crippen LogP contribution in [0.25, 0.3) is 0 Å². The molecular formula is C13H28N2O2. The van der Waals surface area contributed by atoms with E-state index in [2.05, 4.69) is 24.5 Å². The number of carbonyl (C=O) groups excluding carboxylic acids is 1. The maximum Gasteiger partial charge on any atom is 0.234 e. The standard InChI is InChI=1S/C13H28N2O2/c1-10(2)7-13(6,17)9-14-11(16)8-15-12(3,4)5/h10,15,17H,7-9H2,1-6H3,(H,14,16). The molecule has 0 spiro atoms. The monoisotopic (exact) mass is 244 g/mol. The van der Waals surface area contributed by atoms with Crippen LogP contribution in [0.15, 0.2) is 0 Å². The van der Waals surface area contributed by atoms with Gasteiger partial charge in [0, 0.05) is 12.1 Å². The molecule has 0 aromatic carbocycles. The van der Waals surface area contributed by atoms with Crippen LogP contribution in [0.2, 0.25) is 0 Å². The van der Waals surface area contributed by atoms with Crippen LogP contribution in [0.4, 0.5) is 0 Å². The highest BCUT2D eigenvalue weighted by Gasteiger charge is 2.22. The smallest absolute Gasteiger partial charge is 0.234 e. The third kappa shape index (κ3) is 10.3. The number of hydrogen-bond acceptors (Lipinski definition) is 3. The van der Waals surface area contributed by atoms with Gasteiger partial charge in [-0.25, -0.2) is 0 Å². The van der Waals surface area contributed by atoms with Crippen LogP contribution in [0.1, 0.15) is 48.0 Å². The Balaban J connectivity index is 3.91. The molecule has 0 aromatic rings. The predicted molar refractivity (Wildman–Crippen MR) is 70.8 cm³/mol. The third-order valence-corrected chi connectivity index (χ3v) is 2.29. The number of nitrogens with one attached hydrogen (secondary N) is 2. The molecule has 0 saturated carbocycles. The van der Waals surface area contributed by atoms with Crippen molar-refractivity contribution < 1.29 is 9.90 Å². The summed E-state index contributed by atoms with van der Waals surface area (Å²) in [6, 6.07) is 0. The summed E-state index contributed by atoms with van der Waals surface area (Å²) >= 11 is 0. The Bertz CT molecular complexity index is 242. The minimum Gasteiger partial charge on any atom is -0.388 e. The lowest BCUT2D eigenvalue weighted by atomic mass is 9.94. The van der Waals surface area contributed by atoms with Gasteiger partial charge in [-0.1, -0.05) is 13.8 Å². The lowest BCUT2D eigenvalue weighted by Crippen LogP contribution is -2.47. The zero-order valence-corrected chi connectivity index (χ0v) is 12.1. The number of rotatable bonds is 6. The molecule has 4 nitrogen and oxygen atoms in total. The number of aliphatic hydroxyl groups is 1. The first kappa shape index (κ1) is 16.4. The topological polar surface area (TPSA) is 61.4 Å². The van der Waals surface area contributed by atoms with E-state index in [1.165, 1.54) is 0 Å². The lowest BCUT2D eigenvalue weighted by molar-refractivity contribution is -0.121. The fraction of sp³-hybridized carbons (Fsp3) is 0.923. The molecule has 0 rings (SSSR count). The van der Waals surface area contributed by atoms with Crippen LogP contribution in [0, 0.1) is 5.92 Å². The molecule has 0 aliphatic heterocycles. The molecule has 3 N–H and O–H groups in total. The molecule has 4 heteroatoms. The summed E-state index contributed by atoms with van der Waals surface area (Å²) in [7, 11) is 0. The van der Waals surface area contributed by atoms with Crippen molar-refractivity contribution in [2.75, 3.05) is 13.1 Å². The van der Waals surface area contributed by atoms with Crippen molar-refractivity contribution in [2.24, 2.45) is 5.92 Å². The van der Waals surface area contributed by atoms with Gasteiger partial charge in [0.1, 0.15) is 0 Å². The van der Waals surface area contributed by atoms with Gasteiger partial charge in [0.05, 0.1) is 12.1 Å². The molecule has 0 heterocycles. The van der Waals surface area contributed by atoms with Crippen molar-refractivity contribution in [1.29, 1.82) is 0 Å². The zero-order valence-electron chi connectivity index (χ0n) is 12.1. The van der Waals surface area contributed by atoms with Crippen LogP contribution in [0.5, 0.6) is 0 Å². The highest BCUT2D eigenvalue weighted by molar-refractivity contribution is 5.78. The summed E-state index contributed by atoms with van der Waals surface area (Å²) in [5.74, 6) is 0.332. The van der Waals surface area contributed by atoms with E-state index in [9.17, 15) is 9.90 Å². The Morgan fingerprint density at radius 3 is 2.18 bits per heavy atom. The molecule has 1 atom stereocenters. The fourth-order valence-electron chi connectivity index (χ4n) is 1.65. The fourth-order valence-corrected chi connectivity index (χ4v) is 1.65. The van der Waals surface area contributed by atoms with Crippen molar-refractivity contribution in [1.82, 2.24) is 10.6 Å². The van der Waals surface area contributed by atoms with Gasteiger partial charge in [0.25, 0.3) is 0 Å². The first-order valence-corrected chi connectivity index (χ1v) is 6.26. The Kier molecular flexibility index (Phi) is 6.13. The molecule has 1 unspecified atom stereocenters. The number of hydrogen-bond donors (Lipinski definition) is 3. The van der Waals surface area contributed by atoms with Crippen molar-refractivity contribution in [3.05, 3.63) is 0 Å². The van der Waals surface area contributed by atoms with E-state index in [0.29, 0.717) is 18.9 Å². The molecule has 0 radical (unpaired) electrons. The van der Waals surface area contributed by atoms with Gasteiger partial charge in [-0.3, -0.25) is 4.79 Å². The first-order chi connectivity index (χ1) is 7.52. The number of carbonyl (C=O) groups is 1. The van der Waals surface area contributed by atoms with Crippen LogP contribution >= 0.6 is 0 Å². The Morgan fingerprint density at radius 2 is 1.76 bits per heavy atom. The van der Waals surface area contributed by atoms with Crippen molar-refractivity contribution >= 4 is 5.91 Å². The molecule has 1 amide bonds. The van der Waals surface area contributed by atoms with E-state index in [4.69, 9.17) is 0 Å². The molecule has 0 aromatic heterocycles. The largest absolute Gasteiger partial charge is 0.388 e. The van der Waals surface area contributed by atoms with Gasteiger partial charge >= 0.3 is 0 Å². The Hall–Kier alpha value is -0.610. The minimum absolute atomic E-state index is 0.0716. The summed E-state index contributed by atoms with van der Waals surface area (Å²) in [4.78, 5) is 11.5. The zero-order chi connectivity index (χ0) is 13.7. The predicted octanol–water partition coefficient (Wildman–Crippen LogP) is 1.29. The van der Waals surface area contributed by atoms with Crippen LogP contribution in [-0.2, 0) is 4.79 Å². The highest BCUT2D eigenvalue weighted by atomic mass is 16.3. The summed E-state index contributed by atoms with van der Waals surface area (Å²) in [5, 5.41) is 15.9. The lowest BCUT2D eigenvalue weighted by Gasteiger charge is -2.26. The van der Waals surface area contributed by atoms with Gasteiger partial charge < -0.3 is 15.7 Å². The summed E-state index contributed by atoms with van der Waals surface area (Å²) in [6.45, 7) is 12.5. The molecule has 0 bridgehead atoms. The quantitative estimate of drug-likeness (QED) is 0.660. The van der Waals surface area contributed by atoms with Gasteiger partial charge in [-0.15, -0.1) is 0 Å². The molecular weight excluding hydrogens is 216 g/mol. The van der Waals surface area contributed by atoms with Gasteiger partial charge in [0.15, 0.2) is 0 Å². The maximum absolute atomic E-state index is 11.5. The third-order valence-electron chi connectivity index (χ3n) is 2.29. The van der Waals surface area contributed by atoms with E-state index >= 15 is 0 Å². The molecule has 0 aliphatic carbocycles. The van der Waals surface area contributed by atoms with Gasteiger partial charge in [0.2, 0.25) is 5.91 Å². The Morgan fingerprint density at radius 1 is 1.24 bits per heavy atom. The van der Waals surface area contributed by atoms with E-state index in [-0.39, 0.29) is 18.0 Å². The average Bonchev–Trinajstić information content (AvgIpc) is 2.08. The van der Waals surface area contributed by atoms with Crippen molar-refractivity contribution in [3.63, 3.8) is 0 Å². The van der Waals surface area contributed by atoms with E-state index in [1.54, 1.807) is 6.92 Å². The number of amides is 1. The van der Waals surface area contributed by atoms with Crippen LogP contribution in [-0.4, -0.2) is 35.2 Å². The van der Waals surface area contributed by atoms with Crippen molar-refractivity contribution in [3.8, 4) is 0 Å². The second-order valence-electron chi connectivity index (χ2n) is 6.48.